The molecular weight excluding hydrogens is 206 g/mol. The number of ether oxygens (including phenoxy) is 1. The summed E-state index contributed by atoms with van der Waals surface area (Å²) in [6.07, 6.45) is -0.818. The van der Waals surface area contributed by atoms with Crippen LogP contribution in [0.3, 0.4) is 0 Å². The quantitative estimate of drug-likeness (QED) is 0.712. The molecule has 0 amide bonds. The molecule has 3 N–H and O–H groups in total. The lowest BCUT2D eigenvalue weighted by Crippen LogP contribution is -2.42. The van der Waals surface area contributed by atoms with Crippen LogP contribution in [-0.2, 0) is 16.0 Å². The third-order valence-electron chi connectivity index (χ3n) is 2.25. The maximum atomic E-state index is 11.2. The van der Waals surface area contributed by atoms with Gasteiger partial charge in [-0.15, -0.1) is 0 Å². The third-order valence-corrected chi connectivity index (χ3v) is 2.25. The predicted molar refractivity (Wildman–Crippen MR) is 60.8 cm³/mol. The highest BCUT2D eigenvalue weighted by atomic mass is 16.5. The summed E-state index contributed by atoms with van der Waals surface area (Å²) in [4.78, 5) is 11.2. The largest absolute Gasteiger partial charge is 0.464 e. The molecule has 0 saturated heterocycles. The van der Waals surface area contributed by atoms with Crippen molar-refractivity contribution in [3.8, 4) is 0 Å². The Morgan fingerprint density at radius 3 is 2.62 bits per heavy atom. The number of carbonyl (C=O) groups is 1. The maximum Gasteiger partial charge on any atom is 0.336 e. The topological polar surface area (TPSA) is 72.5 Å². The van der Waals surface area contributed by atoms with Gasteiger partial charge in [-0.2, -0.15) is 0 Å². The lowest BCUT2D eigenvalue weighted by Gasteiger charge is -2.17. The van der Waals surface area contributed by atoms with Gasteiger partial charge in [-0.05, 0) is 18.9 Å². The van der Waals surface area contributed by atoms with E-state index in [-0.39, 0.29) is 6.61 Å². The van der Waals surface area contributed by atoms with Gasteiger partial charge in [0.15, 0.2) is 6.10 Å². The minimum atomic E-state index is -1.26. The van der Waals surface area contributed by atoms with Gasteiger partial charge < -0.3 is 15.6 Å². The van der Waals surface area contributed by atoms with Crippen molar-refractivity contribution >= 4 is 5.97 Å². The average Bonchev–Trinajstić information content (AvgIpc) is 2.29. The Labute approximate surface area is 95.0 Å². The summed E-state index contributed by atoms with van der Waals surface area (Å²) in [5, 5.41) is 9.58. The molecule has 1 aromatic carbocycles. The first-order valence-electron chi connectivity index (χ1n) is 5.29. The fourth-order valence-electron chi connectivity index (χ4n) is 1.40. The summed E-state index contributed by atoms with van der Waals surface area (Å²) in [6.45, 7) is 1.93. The van der Waals surface area contributed by atoms with Crippen LogP contribution in [0.1, 0.15) is 12.5 Å². The fourth-order valence-corrected chi connectivity index (χ4v) is 1.40. The molecule has 16 heavy (non-hydrogen) atoms. The molecule has 0 heterocycles. The number of nitrogens with two attached hydrogens (primary N) is 1. The molecule has 0 spiro atoms. The Hall–Kier alpha value is -1.39. The second-order valence-electron chi connectivity index (χ2n) is 3.55. The van der Waals surface area contributed by atoms with E-state index in [1.54, 1.807) is 6.92 Å². The highest BCUT2D eigenvalue weighted by molar-refractivity contribution is 5.75. The minimum Gasteiger partial charge on any atom is -0.464 e. The van der Waals surface area contributed by atoms with Gasteiger partial charge >= 0.3 is 5.97 Å². The van der Waals surface area contributed by atoms with Crippen LogP contribution in [0.2, 0.25) is 0 Å². The van der Waals surface area contributed by atoms with Gasteiger partial charge in [0.2, 0.25) is 0 Å². The van der Waals surface area contributed by atoms with Gasteiger partial charge in [-0.25, -0.2) is 4.79 Å². The minimum absolute atomic E-state index is 0.244. The summed E-state index contributed by atoms with van der Waals surface area (Å²) in [7, 11) is 0. The van der Waals surface area contributed by atoms with E-state index < -0.39 is 18.1 Å². The lowest BCUT2D eigenvalue weighted by molar-refractivity contribution is -0.154. The number of rotatable bonds is 5. The number of aliphatic hydroxyl groups excluding tert-OH is 1. The van der Waals surface area contributed by atoms with Crippen molar-refractivity contribution in [3.05, 3.63) is 35.9 Å². The van der Waals surface area contributed by atoms with Crippen molar-refractivity contribution in [2.45, 2.75) is 25.5 Å². The van der Waals surface area contributed by atoms with Crippen molar-refractivity contribution in [1.29, 1.82) is 0 Å². The van der Waals surface area contributed by atoms with E-state index in [1.807, 2.05) is 30.3 Å². The Bertz CT molecular complexity index is 326. The van der Waals surface area contributed by atoms with E-state index in [4.69, 9.17) is 10.5 Å². The summed E-state index contributed by atoms with van der Waals surface area (Å²) in [6, 6.07) is 8.84. The molecule has 88 valence electrons. The van der Waals surface area contributed by atoms with E-state index in [0.717, 1.165) is 5.56 Å². The van der Waals surface area contributed by atoms with Crippen LogP contribution in [0.15, 0.2) is 30.3 Å². The summed E-state index contributed by atoms with van der Waals surface area (Å²) < 4.78 is 4.69. The molecule has 0 saturated carbocycles. The zero-order valence-electron chi connectivity index (χ0n) is 9.30. The molecule has 2 atom stereocenters. The van der Waals surface area contributed by atoms with E-state index in [0.29, 0.717) is 6.42 Å². The summed E-state index contributed by atoms with van der Waals surface area (Å²) >= 11 is 0. The molecule has 0 bridgehead atoms. The summed E-state index contributed by atoms with van der Waals surface area (Å²) in [5.74, 6) is -0.661. The van der Waals surface area contributed by atoms with Crippen LogP contribution >= 0.6 is 0 Å². The van der Waals surface area contributed by atoms with Crippen molar-refractivity contribution in [2.24, 2.45) is 5.73 Å². The van der Waals surface area contributed by atoms with Crippen LogP contribution in [0.25, 0.3) is 0 Å². The number of benzene rings is 1. The Morgan fingerprint density at radius 1 is 1.44 bits per heavy atom. The molecule has 0 aliphatic rings. The highest BCUT2D eigenvalue weighted by Gasteiger charge is 2.24. The van der Waals surface area contributed by atoms with E-state index >= 15 is 0 Å². The number of carbonyl (C=O) groups excluding carboxylic acids is 1. The van der Waals surface area contributed by atoms with Gasteiger partial charge in [0.05, 0.1) is 6.61 Å². The van der Waals surface area contributed by atoms with Crippen molar-refractivity contribution in [2.75, 3.05) is 6.61 Å². The van der Waals surface area contributed by atoms with Gasteiger partial charge in [0.25, 0.3) is 0 Å². The second-order valence-corrected chi connectivity index (χ2v) is 3.55. The van der Waals surface area contributed by atoms with Crippen LogP contribution in [0.5, 0.6) is 0 Å². The zero-order valence-corrected chi connectivity index (χ0v) is 9.30. The number of hydrogen-bond acceptors (Lipinski definition) is 4. The molecular formula is C12H17NO3. The lowest BCUT2D eigenvalue weighted by atomic mass is 10.0. The first-order valence-corrected chi connectivity index (χ1v) is 5.29. The van der Waals surface area contributed by atoms with Crippen molar-refractivity contribution in [3.63, 3.8) is 0 Å². The van der Waals surface area contributed by atoms with E-state index in [2.05, 4.69) is 0 Å². The molecule has 4 nitrogen and oxygen atoms in total. The fraction of sp³-hybridized carbons (Fsp3) is 0.417. The normalized spacial score (nSPS) is 14.2. The monoisotopic (exact) mass is 223 g/mol. The molecule has 1 aromatic rings. The number of hydrogen-bond donors (Lipinski definition) is 2. The maximum absolute atomic E-state index is 11.2. The van der Waals surface area contributed by atoms with Crippen LogP contribution in [0.4, 0.5) is 0 Å². The summed E-state index contributed by atoms with van der Waals surface area (Å²) in [5.41, 5.74) is 6.71. The van der Waals surface area contributed by atoms with E-state index in [9.17, 15) is 9.90 Å². The molecule has 0 fully saturated rings. The van der Waals surface area contributed by atoms with E-state index in [1.165, 1.54) is 0 Å². The number of esters is 1. The predicted octanol–water partition coefficient (Wildman–Crippen LogP) is 0.480. The molecule has 0 aromatic heterocycles. The third kappa shape index (κ3) is 3.64. The van der Waals surface area contributed by atoms with Crippen LogP contribution < -0.4 is 5.73 Å². The standard InChI is InChI=1S/C12H17NO3/c1-2-16-12(15)11(14)10(13)8-9-6-4-3-5-7-9/h3-7,10-11,14H,2,8,13H2,1H3. The first kappa shape index (κ1) is 12.7. The first-order chi connectivity index (χ1) is 7.65. The Morgan fingerprint density at radius 2 is 2.06 bits per heavy atom. The Balaban J connectivity index is 2.52. The van der Waals surface area contributed by atoms with Crippen molar-refractivity contribution in [1.82, 2.24) is 0 Å². The molecule has 1 rings (SSSR count). The SMILES string of the molecule is CCOC(=O)C(O)C(N)Cc1ccccc1. The van der Waals surface area contributed by atoms with Gasteiger partial charge in [-0.1, -0.05) is 30.3 Å². The highest BCUT2D eigenvalue weighted by Crippen LogP contribution is 2.05. The molecule has 0 aliphatic carbocycles. The smallest absolute Gasteiger partial charge is 0.336 e. The van der Waals surface area contributed by atoms with Crippen molar-refractivity contribution < 1.29 is 14.6 Å². The molecule has 0 radical (unpaired) electrons. The molecule has 2 unspecified atom stereocenters. The van der Waals surface area contributed by atoms with Crippen LogP contribution in [-0.4, -0.2) is 29.8 Å². The van der Waals surface area contributed by atoms with Gasteiger partial charge in [0.1, 0.15) is 0 Å². The van der Waals surface area contributed by atoms with Gasteiger partial charge in [0, 0.05) is 6.04 Å². The number of aliphatic hydroxyl groups is 1. The van der Waals surface area contributed by atoms with Crippen LogP contribution in [0, 0.1) is 0 Å². The van der Waals surface area contributed by atoms with Gasteiger partial charge in [-0.3, -0.25) is 0 Å². The molecule has 0 aliphatic heterocycles. The molecule has 4 heteroatoms. The Kier molecular flexibility index (Phi) is 4.95. The second kappa shape index (κ2) is 6.25. The zero-order chi connectivity index (χ0) is 12.0. The average molecular weight is 223 g/mol.